The smallest absolute Gasteiger partial charge is 0.0719 e. The van der Waals surface area contributed by atoms with Gasteiger partial charge in [0.15, 0.2) is 0 Å². The van der Waals surface area contributed by atoms with Gasteiger partial charge >= 0.3 is 0 Å². The minimum absolute atomic E-state index is 0.0794. The van der Waals surface area contributed by atoms with E-state index in [2.05, 4.69) is 48.7 Å². The molecule has 3 heteroatoms. The van der Waals surface area contributed by atoms with Crippen LogP contribution in [0.1, 0.15) is 21.4 Å². The summed E-state index contributed by atoms with van der Waals surface area (Å²) in [5, 5.41) is 2.21. The van der Waals surface area contributed by atoms with E-state index in [-0.39, 0.29) is 5.38 Å². The van der Waals surface area contributed by atoms with Gasteiger partial charge in [0.25, 0.3) is 0 Å². The van der Waals surface area contributed by atoms with Gasteiger partial charge in [-0.3, -0.25) is 0 Å². The Hall–Kier alpha value is -0.830. The van der Waals surface area contributed by atoms with Crippen LogP contribution in [0.5, 0.6) is 0 Å². The summed E-state index contributed by atoms with van der Waals surface area (Å²) in [4.78, 5) is 1.28. The fourth-order valence-corrected chi connectivity index (χ4v) is 4.53. The molecule has 1 aromatic carbocycles. The summed E-state index contributed by atoms with van der Waals surface area (Å²) in [5.74, 6) is 0. The first-order valence-electron chi connectivity index (χ1n) is 5.89. The molecule has 1 unspecified atom stereocenters. The van der Waals surface area contributed by atoms with Crippen molar-refractivity contribution in [2.75, 3.05) is 0 Å². The van der Waals surface area contributed by atoms with Gasteiger partial charge in [0.1, 0.15) is 0 Å². The molecule has 92 valence electrons. The first-order chi connectivity index (χ1) is 8.74. The largest absolute Gasteiger partial charge is 0.143 e. The van der Waals surface area contributed by atoms with Gasteiger partial charge in [-0.2, -0.15) is 0 Å². The molecule has 0 aliphatic rings. The van der Waals surface area contributed by atoms with Crippen molar-refractivity contribution in [1.82, 2.24) is 0 Å². The minimum Gasteiger partial charge on any atom is -0.143 e. The summed E-state index contributed by atoms with van der Waals surface area (Å²) in [6, 6.07) is 12.9. The van der Waals surface area contributed by atoms with Gasteiger partial charge in [0, 0.05) is 14.3 Å². The third-order valence-corrected chi connectivity index (χ3v) is 5.85. The molecular weight excluding hydrogens is 280 g/mol. The number of halogens is 1. The number of rotatable bonds is 3. The van der Waals surface area contributed by atoms with Crippen LogP contribution in [0.2, 0.25) is 0 Å². The monoisotopic (exact) mass is 292 g/mol. The normalized spacial score (nSPS) is 13.0. The van der Waals surface area contributed by atoms with E-state index in [1.54, 1.807) is 11.3 Å². The molecule has 0 saturated heterocycles. The molecule has 2 heterocycles. The molecule has 0 aliphatic heterocycles. The van der Waals surface area contributed by atoms with Gasteiger partial charge in [-0.25, -0.2) is 0 Å². The fraction of sp³-hybridized carbons (Fsp3) is 0.200. The maximum atomic E-state index is 6.56. The molecule has 0 nitrogen and oxygen atoms in total. The van der Waals surface area contributed by atoms with Crippen molar-refractivity contribution in [2.24, 2.45) is 0 Å². The predicted molar refractivity (Wildman–Crippen MR) is 83.2 cm³/mol. The van der Waals surface area contributed by atoms with Crippen LogP contribution in [-0.2, 0) is 6.42 Å². The highest BCUT2D eigenvalue weighted by atomic mass is 35.5. The Morgan fingerprint density at radius 2 is 2.00 bits per heavy atom. The van der Waals surface area contributed by atoms with Crippen LogP contribution in [-0.4, -0.2) is 0 Å². The number of hydrogen-bond acceptors (Lipinski definition) is 2. The number of hydrogen-bond donors (Lipinski definition) is 0. The second-order valence-corrected chi connectivity index (χ2v) is 6.99. The third kappa shape index (κ3) is 2.33. The molecule has 2 aromatic heterocycles. The SMILES string of the molecule is Cc1ccccc1CC(Cl)c1cc2sccc2s1. The molecule has 0 N–H and O–H groups in total. The van der Waals surface area contributed by atoms with E-state index < -0.39 is 0 Å². The highest BCUT2D eigenvalue weighted by Gasteiger charge is 2.13. The Kier molecular flexibility index (Phi) is 3.42. The highest BCUT2D eigenvalue weighted by molar-refractivity contribution is 7.27. The first-order valence-corrected chi connectivity index (χ1v) is 8.03. The van der Waals surface area contributed by atoms with Crippen molar-refractivity contribution in [3.63, 3.8) is 0 Å². The van der Waals surface area contributed by atoms with E-state index in [0.717, 1.165) is 6.42 Å². The first kappa shape index (κ1) is 12.2. The maximum absolute atomic E-state index is 6.56. The van der Waals surface area contributed by atoms with Crippen molar-refractivity contribution in [1.29, 1.82) is 0 Å². The van der Waals surface area contributed by atoms with Crippen LogP contribution >= 0.6 is 34.3 Å². The van der Waals surface area contributed by atoms with Gasteiger partial charge in [0.2, 0.25) is 0 Å². The van der Waals surface area contributed by atoms with Crippen LogP contribution in [0, 0.1) is 6.92 Å². The predicted octanol–water partition coefficient (Wildman–Crippen LogP) is 5.79. The average Bonchev–Trinajstić information content (AvgIpc) is 2.92. The molecule has 0 amide bonds. The quantitative estimate of drug-likeness (QED) is 0.536. The Labute approximate surface area is 120 Å². The summed E-state index contributed by atoms with van der Waals surface area (Å²) in [5.41, 5.74) is 2.66. The summed E-state index contributed by atoms with van der Waals surface area (Å²) in [7, 11) is 0. The van der Waals surface area contributed by atoms with E-state index in [4.69, 9.17) is 11.6 Å². The lowest BCUT2D eigenvalue weighted by Gasteiger charge is -2.09. The van der Waals surface area contributed by atoms with Crippen LogP contribution < -0.4 is 0 Å². The number of benzene rings is 1. The van der Waals surface area contributed by atoms with Gasteiger partial charge in [-0.1, -0.05) is 24.3 Å². The lowest BCUT2D eigenvalue weighted by atomic mass is 10.0. The van der Waals surface area contributed by atoms with Crippen molar-refractivity contribution < 1.29 is 0 Å². The maximum Gasteiger partial charge on any atom is 0.0719 e. The molecule has 0 saturated carbocycles. The number of fused-ring (bicyclic) bond motifs is 1. The van der Waals surface area contributed by atoms with E-state index in [1.165, 1.54) is 25.4 Å². The van der Waals surface area contributed by atoms with Gasteiger partial charge in [0.05, 0.1) is 5.38 Å². The fourth-order valence-electron chi connectivity index (χ4n) is 2.07. The summed E-state index contributed by atoms with van der Waals surface area (Å²) >= 11 is 10.2. The molecule has 3 aromatic rings. The Balaban J connectivity index is 1.85. The van der Waals surface area contributed by atoms with E-state index in [0.29, 0.717) is 0 Å². The second kappa shape index (κ2) is 5.04. The summed E-state index contributed by atoms with van der Waals surface area (Å²) < 4.78 is 2.70. The van der Waals surface area contributed by atoms with Crippen LogP contribution in [0.3, 0.4) is 0 Å². The van der Waals surface area contributed by atoms with Gasteiger partial charge in [-0.05, 0) is 42.0 Å². The van der Waals surface area contributed by atoms with Gasteiger partial charge in [-0.15, -0.1) is 34.3 Å². The Bertz CT molecular complexity index is 637. The van der Waals surface area contributed by atoms with Crippen molar-refractivity contribution in [3.8, 4) is 0 Å². The molecule has 0 bridgehead atoms. The van der Waals surface area contributed by atoms with Crippen LogP contribution in [0.15, 0.2) is 41.8 Å². The molecule has 3 rings (SSSR count). The second-order valence-electron chi connectivity index (χ2n) is 4.40. The van der Waals surface area contributed by atoms with Crippen molar-refractivity contribution >= 4 is 43.7 Å². The van der Waals surface area contributed by atoms with E-state index >= 15 is 0 Å². The molecule has 1 atom stereocenters. The van der Waals surface area contributed by atoms with Crippen LogP contribution in [0.4, 0.5) is 0 Å². The summed E-state index contributed by atoms with van der Waals surface area (Å²) in [6.45, 7) is 2.14. The Morgan fingerprint density at radius 3 is 2.78 bits per heavy atom. The molecule has 0 radical (unpaired) electrons. The third-order valence-electron chi connectivity index (χ3n) is 3.13. The Morgan fingerprint density at radius 1 is 1.17 bits per heavy atom. The van der Waals surface area contributed by atoms with Gasteiger partial charge < -0.3 is 0 Å². The van der Waals surface area contributed by atoms with E-state index in [9.17, 15) is 0 Å². The molecule has 0 spiro atoms. The van der Waals surface area contributed by atoms with Crippen molar-refractivity contribution in [3.05, 3.63) is 57.8 Å². The van der Waals surface area contributed by atoms with E-state index in [1.807, 2.05) is 11.3 Å². The molecular formula is C15H13ClS2. The zero-order valence-electron chi connectivity index (χ0n) is 10.0. The topological polar surface area (TPSA) is 0 Å². The molecule has 0 aliphatic carbocycles. The highest BCUT2D eigenvalue weighted by Crippen LogP contribution is 2.37. The molecule has 18 heavy (non-hydrogen) atoms. The zero-order valence-corrected chi connectivity index (χ0v) is 12.4. The minimum atomic E-state index is 0.0794. The molecule has 0 fully saturated rings. The average molecular weight is 293 g/mol. The summed E-state index contributed by atoms with van der Waals surface area (Å²) in [6.07, 6.45) is 0.905. The van der Waals surface area contributed by atoms with Crippen molar-refractivity contribution in [2.45, 2.75) is 18.7 Å². The number of thiophene rings is 2. The lowest BCUT2D eigenvalue weighted by molar-refractivity contribution is 0.930. The lowest BCUT2D eigenvalue weighted by Crippen LogP contribution is -1.95. The zero-order chi connectivity index (χ0) is 12.5. The standard InChI is InChI=1S/C15H13ClS2/c1-10-4-2-3-5-11(10)8-12(16)14-9-15-13(18-14)6-7-17-15/h2-7,9,12H,8H2,1H3. The number of aryl methyl sites for hydroxylation is 1. The van der Waals surface area contributed by atoms with Crippen LogP contribution in [0.25, 0.3) is 9.40 Å². The number of alkyl halides is 1.